The van der Waals surface area contributed by atoms with Crippen LogP contribution in [0, 0.1) is 11.3 Å². The number of ether oxygens (including phenoxy) is 2. The van der Waals surface area contributed by atoms with Crippen LogP contribution < -0.4 is 0 Å². The van der Waals surface area contributed by atoms with Gasteiger partial charge in [0.05, 0.1) is 24.7 Å². The van der Waals surface area contributed by atoms with E-state index in [1.165, 1.54) is 0 Å². The fourth-order valence-corrected chi connectivity index (χ4v) is 1.55. The van der Waals surface area contributed by atoms with Gasteiger partial charge in [0.2, 0.25) is 0 Å². The third-order valence-electron chi connectivity index (χ3n) is 2.04. The Bertz CT molecular complexity index is 209. The van der Waals surface area contributed by atoms with Crippen LogP contribution in [0.15, 0.2) is 12.7 Å². The van der Waals surface area contributed by atoms with Crippen molar-refractivity contribution in [1.82, 2.24) is 0 Å². The van der Waals surface area contributed by atoms with Crippen LogP contribution in [0.2, 0.25) is 0 Å². The van der Waals surface area contributed by atoms with Crippen molar-refractivity contribution in [2.24, 2.45) is 0 Å². The number of nitrogens with zero attached hydrogens (tertiary/aromatic N) is 1. The zero-order valence-corrected chi connectivity index (χ0v) is 7.90. The summed E-state index contributed by atoms with van der Waals surface area (Å²) in [4.78, 5) is 0. The van der Waals surface area contributed by atoms with Crippen LogP contribution in [0.4, 0.5) is 0 Å². The predicted octanol–water partition coefficient (Wildman–Crippen LogP) is 2.00. The molecule has 13 heavy (non-hydrogen) atoms. The van der Waals surface area contributed by atoms with Gasteiger partial charge >= 0.3 is 0 Å². The zero-order valence-electron chi connectivity index (χ0n) is 7.90. The van der Waals surface area contributed by atoms with Gasteiger partial charge in [0.15, 0.2) is 6.29 Å². The second-order valence-corrected chi connectivity index (χ2v) is 3.21. The van der Waals surface area contributed by atoms with Gasteiger partial charge in [0.1, 0.15) is 0 Å². The molecular formula is C10H15NO2. The normalized spacial score (nSPS) is 33.7. The molecule has 0 saturated carbocycles. The molecule has 0 amide bonds. The molecule has 0 N–H and O–H groups in total. The molecule has 0 aromatic rings. The maximum atomic E-state index is 8.53. The summed E-state index contributed by atoms with van der Waals surface area (Å²) in [6.07, 6.45) is 3.91. The highest BCUT2D eigenvalue weighted by Gasteiger charge is 2.26. The van der Waals surface area contributed by atoms with E-state index in [2.05, 4.69) is 12.6 Å². The lowest BCUT2D eigenvalue weighted by Crippen LogP contribution is -2.36. The lowest BCUT2D eigenvalue weighted by Gasteiger charge is -2.32. The quantitative estimate of drug-likeness (QED) is 0.625. The first-order chi connectivity index (χ1) is 6.26. The molecule has 0 radical (unpaired) electrons. The minimum atomic E-state index is -0.197. The summed E-state index contributed by atoms with van der Waals surface area (Å²) in [5.41, 5.74) is 0. The van der Waals surface area contributed by atoms with E-state index in [0.29, 0.717) is 6.42 Å². The van der Waals surface area contributed by atoms with Gasteiger partial charge in [-0.15, -0.1) is 6.58 Å². The molecule has 1 rings (SSSR count). The van der Waals surface area contributed by atoms with Crippen molar-refractivity contribution < 1.29 is 9.47 Å². The van der Waals surface area contributed by atoms with Crippen molar-refractivity contribution in [1.29, 1.82) is 5.26 Å². The smallest absolute Gasteiger partial charge is 0.155 e. The van der Waals surface area contributed by atoms with E-state index in [-0.39, 0.29) is 18.5 Å². The van der Waals surface area contributed by atoms with Gasteiger partial charge in [-0.1, -0.05) is 6.08 Å². The molecule has 3 atom stereocenters. The highest BCUT2D eigenvalue weighted by Crippen LogP contribution is 2.22. The van der Waals surface area contributed by atoms with Gasteiger partial charge in [-0.05, 0) is 13.3 Å². The summed E-state index contributed by atoms with van der Waals surface area (Å²) in [5, 5.41) is 8.53. The molecule has 1 heterocycles. The van der Waals surface area contributed by atoms with Crippen LogP contribution in [0.3, 0.4) is 0 Å². The number of hydrogen-bond donors (Lipinski definition) is 0. The van der Waals surface area contributed by atoms with Gasteiger partial charge < -0.3 is 9.47 Å². The molecule has 0 aromatic heterocycles. The van der Waals surface area contributed by atoms with Crippen molar-refractivity contribution in [3.8, 4) is 6.07 Å². The van der Waals surface area contributed by atoms with Crippen LogP contribution in [0.25, 0.3) is 0 Å². The van der Waals surface area contributed by atoms with E-state index < -0.39 is 0 Å². The van der Waals surface area contributed by atoms with Crippen molar-refractivity contribution in [2.45, 2.75) is 44.7 Å². The van der Waals surface area contributed by atoms with E-state index in [4.69, 9.17) is 14.7 Å². The molecule has 1 aliphatic heterocycles. The largest absolute Gasteiger partial charge is 0.349 e. The highest BCUT2D eigenvalue weighted by molar-refractivity contribution is 4.84. The van der Waals surface area contributed by atoms with Crippen LogP contribution in [-0.4, -0.2) is 18.5 Å². The Morgan fingerprint density at radius 1 is 1.54 bits per heavy atom. The first-order valence-electron chi connectivity index (χ1n) is 4.55. The Kier molecular flexibility index (Phi) is 3.94. The molecule has 1 aliphatic rings. The van der Waals surface area contributed by atoms with E-state index in [1.54, 1.807) is 0 Å². The average molecular weight is 181 g/mol. The molecule has 0 aromatic carbocycles. The van der Waals surface area contributed by atoms with Gasteiger partial charge in [-0.3, -0.25) is 0 Å². The van der Waals surface area contributed by atoms with Crippen molar-refractivity contribution in [2.75, 3.05) is 0 Å². The Hall–Kier alpha value is -0.850. The Labute approximate surface area is 78.9 Å². The van der Waals surface area contributed by atoms with E-state index in [0.717, 1.165) is 12.8 Å². The van der Waals surface area contributed by atoms with E-state index in [1.807, 2.05) is 13.0 Å². The second kappa shape index (κ2) is 5.00. The highest BCUT2D eigenvalue weighted by atomic mass is 16.7. The van der Waals surface area contributed by atoms with Crippen molar-refractivity contribution in [3.63, 3.8) is 0 Å². The third-order valence-corrected chi connectivity index (χ3v) is 2.04. The minimum absolute atomic E-state index is 0.0266. The molecule has 3 nitrogen and oxygen atoms in total. The van der Waals surface area contributed by atoms with Crippen LogP contribution >= 0.6 is 0 Å². The number of rotatable bonds is 3. The molecule has 0 unspecified atom stereocenters. The van der Waals surface area contributed by atoms with E-state index in [9.17, 15) is 0 Å². The minimum Gasteiger partial charge on any atom is -0.349 e. The Morgan fingerprint density at radius 3 is 2.85 bits per heavy atom. The molecule has 1 saturated heterocycles. The summed E-state index contributed by atoms with van der Waals surface area (Å²) >= 11 is 0. The van der Waals surface area contributed by atoms with Crippen LogP contribution in [0.1, 0.15) is 26.2 Å². The summed E-state index contributed by atoms with van der Waals surface area (Å²) in [6, 6.07) is 2.11. The maximum absolute atomic E-state index is 8.53. The zero-order chi connectivity index (χ0) is 9.68. The molecule has 1 fully saturated rings. The summed E-state index contributed by atoms with van der Waals surface area (Å²) < 4.78 is 10.9. The fourth-order valence-electron chi connectivity index (χ4n) is 1.55. The summed E-state index contributed by atoms with van der Waals surface area (Å²) in [7, 11) is 0. The molecular weight excluding hydrogens is 166 g/mol. The molecule has 0 spiro atoms. The lowest BCUT2D eigenvalue weighted by molar-refractivity contribution is -0.231. The van der Waals surface area contributed by atoms with Gasteiger partial charge in [0, 0.05) is 6.42 Å². The monoisotopic (exact) mass is 181 g/mol. The van der Waals surface area contributed by atoms with Crippen LogP contribution in [0.5, 0.6) is 0 Å². The Morgan fingerprint density at radius 2 is 2.23 bits per heavy atom. The molecule has 3 heteroatoms. The fraction of sp³-hybridized carbons (Fsp3) is 0.700. The van der Waals surface area contributed by atoms with Gasteiger partial charge in [-0.2, -0.15) is 5.26 Å². The summed E-state index contributed by atoms with van der Waals surface area (Å²) in [5.74, 6) is 0. The van der Waals surface area contributed by atoms with Crippen LogP contribution in [-0.2, 0) is 9.47 Å². The van der Waals surface area contributed by atoms with Crippen molar-refractivity contribution >= 4 is 0 Å². The molecule has 0 bridgehead atoms. The first kappa shape index (κ1) is 10.2. The number of hydrogen-bond acceptors (Lipinski definition) is 3. The second-order valence-electron chi connectivity index (χ2n) is 3.21. The third kappa shape index (κ3) is 3.17. The van der Waals surface area contributed by atoms with Gasteiger partial charge in [-0.25, -0.2) is 0 Å². The average Bonchev–Trinajstić information content (AvgIpc) is 2.04. The molecule has 0 aliphatic carbocycles. The first-order valence-corrected chi connectivity index (χ1v) is 4.55. The topological polar surface area (TPSA) is 42.2 Å². The predicted molar refractivity (Wildman–Crippen MR) is 48.9 cm³/mol. The Balaban J connectivity index is 2.43. The van der Waals surface area contributed by atoms with E-state index >= 15 is 0 Å². The maximum Gasteiger partial charge on any atom is 0.155 e. The summed E-state index contributed by atoms with van der Waals surface area (Å²) in [6.45, 7) is 5.53. The molecule has 72 valence electrons. The standard InChI is InChI=1S/C10H15NO2/c1-3-4-9-7-10(5-6-11)13-8(2)12-9/h3,8-10H,1,4-5,7H2,2H3/t8-,9-,10+/m0/s1. The SMILES string of the molecule is C=CC[C@H]1C[C@@H](CC#N)O[C@@H](C)O1. The number of nitriles is 1. The lowest BCUT2D eigenvalue weighted by atomic mass is 10.1. The van der Waals surface area contributed by atoms with Gasteiger partial charge in [0.25, 0.3) is 0 Å². The van der Waals surface area contributed by atoms with Crippen molar-refractivity contribution in [3.05, 3.63) is 12.7 Å².